The van der Waals surface area contributed by atoms with Crippen molar-refractivity contribution >= 4 is 12.3 Å². The van der Waals surface area contributed by atoms with Crippen LogP contribution in [-0.2, 0) is 9.53 Å². The van der Waals surface area contributed by atoms with Crippen LogP contribution < -0.4 is 4.74 Å². The van der Waals surface area contributed by atoms with Gasteiger partial charge >= 0.3 is 5.97 Å². The lowest BCUT2D eigenvalue weighted by Crippen LogP contribution is -2.25. The molecule has 0 aliphatic heterocycles. The maximum Gasteiger partial charge on any atom is 0.307 e. The molecule has 0 aliphatic rings. The summed E-state index contributed by atoms with van der Waals surface area (Å²) in [6.45, 7) is 9.50. The Kier molecular flexibility index (Phi) is 6.42. The van der Waals surface area contributed by atoms with E-state index >= 15 is 0 Å². The molecule has 1 unspecified atom stereocenters. The summed E-state index contributed by atoms with van der Waals surface area (Å²) in [5.74, 6) is 0.197. The predicted molar refractivity (Wildman–Crippen MR) is 107 cm³/mol. The SMILES string of the molecule is COc1ccc(C(CC(=O)OC(C)(C)C)c2c(C)cccc2C=O)c(C)c1. The van der Waals surface area contributed by atoms with Gasteiger partial charge in [0, 0.05) is 11.5 Å². The minimum absolute atomic E-state index is 0.163. The lowest BCUT2D eigenvalue weighted by atomic mass is 9.81. The highest BCUT2D eigenvalue weighted by Gasteiger charge is 2.27. The van der Waals surface area contributed by atoms with Gasteiger partial charge in [0.05, 0.1) is 13.5 Å². The molecule has 0 saturated heterocycles. The van der Waals surface area contributed by atoms with Crippen LogP contribution >= 0.6 is 0 Å². The minimum Gasteiger partial charge on any atom is -0.497 e. The maximum atomic E-state index is 12.6. The number of carbonyl (C=O) groups is 2. The molecular weight excluding hydrogens is 340 g/mol. The number of rotatable bonds is 6. The smallest absolute Gasteiger partial charge is 0.307 e. The Labute approximate surface area is 161 Å². The second-order valence-corrected chi connectivity index (χ2v) is 7.76. The van der Waals surface area contributed by atoms with Crippen molar-refractivity contribution < 1.29 is 19.1 Å². The van der Waals surface area contributed by atoms with Gasteiger partial charge in [0.1, 0.15) is 17.6 Å². The number of benzene rings is 2. The van der Waals surface area contributed by atoms with Crippen molar-refractivity contribution in [3.63, 3.8) is 0 Å². The van der Waals surface area contributed by atoms with E-state index in [-0.39, 0.29) is 18.3 Å². The molecule has 2 aromatic rings. The molecule has 0 heterocycles. The quantitative estimate of drug-likeness (QED) is 0.532. The topological polar surface area (TPSA) is 52.6 Å². The number of esters is 1. The lowest BCUT2D eigenvalue weighted by molar-refractivity contribution is -0.155. The molecule has 0 bridgehead atoms. The van der Waals surface area contributed by atoms with Crippen LogP contribution in [0.1, 0.15) is 65.7 Å². The average molecular weight is 368 g/mol. The number of aryl methyl sites for hydroxylation is 2. The molecule has 4 nitrogen and oxygen atoms in total. The zero-order chi connectivity index (χ0) is 20.2. The third-order valence-electron chi connectivity index (χ3n) is 4.48. The molecule has 0 N–H and O–H groups in total. The highest BCUT2D eigenvalue weighted by Crippen LogP contribution is 2.36. The lowest BCUT2D eigenvalue weighted by Gasteiger charge is -2.25. The number of carbonyl (C=O) groups excluding carboxylic acids is 2. The van der Waals surface area contributed by atoms with Crippen LogP contribution in [0.2, 0.25) is 0 Å². The van der Waals surface area contributed by atoms with Crippen LogP contribution in [0.3, 0.4) is 0 Å². The first-order valence-electron chi connectivity index (χ1n) is 9.07. The van der Waals surface area contributed by atoms with Crippen molar-refractivity contribution in [2.24, 2.45) is 0 Å². The van der Waals surface area contributed by atoms with Gasteiger partial charge in [-0.3, -0.25) is 9.59 Å². The summed E-state index contributed by atoms with van der Waals surface area (Å²) in [5.41, 5.74) is 3.87. The number of aldehydes is 1. The summed E-state index contributed by atoms with van der Waals surface area (Å²) in [5, 5.41) is 0. The van der Waals surface area contributed by atoms with E-state index in [2.05, 4.69) is 0 Å². The standard InChI is InChI=1S/C23H28O4/c1-15-8-7-9-17(14-24)22(15)20(13-21(25)27-23(3,4)5)19-11-10-18(26-6)12-16(19)2/h7-12,14,20H,13H2,1-6H3. The fourth-order valence-corrected chi connectivity index (χ4v) is 3.37. The summed E-state index contributed by atoms with van der Waals surface area (Å²) in [6, 6.07) is 11.4. The zero-order valence-electron chi connectivity index (χ0n) is 17.0. The monoisotopic (exact) mass is 368 g/mol. The van der Waals surface area contributed by atoms with Crippen molar-refractivity contribution in [3.8, 4) is 5.75 Å². The van der Waals surface area contributed by atoms with Gasteiger partial charge < -0.3 is 9.47 Å². The van der Waals surface area contributed by atoms with Crippen LogP contribution in [0, 0.1) is 13.8 Å². The third kappa shape index (κ3) is 5.19. The van der Waals surface area contributed by atoms with Gasteiger partial charge in [0.15, 0.2) is 0 Å². The van der Waals surface area contributed by atoms with E-state index in [9.17, 15) is 9.59 Å². The average Bonchev–Trinajstić information content (AvgIpc) is 2.58. The molecule has 0 amide bonds. The molecule has 0 saturated carbocycles. The van der Waals surface area contributed by atoms with Gasteiger partial charge in [-0.15, -0.1) is 0 Å². The van der Waals surface area contributed by atoms with E-state index in [0.29, 0.717) is 5.56 Å². The van der Waals surface area contributed by atoms with Crippen LogP contribution in [0.25, 0.3) is 0 Å². The molecule has 4 heteroatoms. The van der Waals surface area contributed by atoms with Crippen molar-refractivity contribution in [2.75, 3.05) is 7.11 Å². The van der Waals surface area contributed by atoms with E-state index in [0.717, 1.165) is 34.3 Å². The Bertz CT molecular complexity index is 831. The van der Waals surface area contributed by atoms with E-state index in [4.69, 9.17) is 9.47 Å². The fourth-order valence-electron chi connectivity index (χ4n) is 3.37. The number of hydrogen-bond acceptors (Lipinski definition) is 4. The maximum absolute atomic E-state index is 12.6. The van der Waals surface area contributed by atoms with Crippen LogP contribution in [0.5, 0.6) is 5.75 Å². The first-order chi connectivity index (χ1) is 12.7. The summed E-state index contributed by atoms with van der Waals surface area (Å²) in [7, 11) is 1.62. The van der Waals surface area contributed by atoms with Crippen LogP contribution in [0.4, 0.5) is 0 Å². The first kappa shape index (κ1) is 20.7. The third-order valence-corrected chi connectivity index (χ3v) is 4.48. The molecule has 0 aliphatic carbocycles. The van der Waals surface area contributed by atoms with Gasteiger partial charge in [0.25, 0.3) is 0 Å². The zero-order valence-corrected chi connectivity index (χ0v) is 17.0. The molecule has 0 aromatic heterocycles. The Morgan fingerprint density at radius 2 is 1.81 bits per heavy atom. The molecule has 2 rings (SSSR count). The molecule has 1 atom stereocenters. The van der Waals surface area contributed by atoms with Crippen molar-refractivity contribution in [1.82, 2.24) is 0 Å². The largest absolute Gasteiger partial charge is 0.497 e. The molecule has 0 spiro atoms. The van der Waals surface area contributed by atoms with Crippen LogP contribution in [0.15, 0.2) is 36.4 Å². The molecular formula is C23H28O4. The Morgan fingerprint density at radius 1 is 1.11 bits per heavy atom. The Morgan fingerprint density at radius 3 is 2.37 bits per heavy atom. The van der Waals surface area contributed by atoms with Gasteiger partial charge in [0.2, 0.25) is 0 Å². The highest BCUT2D eigenvalue weighted by atomic mass is 16.6. The number of hydrogen-bond donors (Lipinski definition) is 0. The van der Waals surface area contributed by atoms with Gasteiger partial charge in [-0.1, -0.05) is 24.3 Å². The summed E-state index contributed by atoms with van der Waals surface area (Å²) >= 11 is 0. The molecule has 27 heavy (non-hydrogen) atoms. The predicted octanol–water partition coefficient (Wildman–Crippen LogP) is 4.99. The van der Waals surface area contributed by atoms with Gasteiger partial charge in [-0.25, -0.2) is 0 Å². The Balaban J connectivity index is 2.56. The van der Waals surface area contributed by atoms with Crippen LogP contribution in [-0.4, -0.2) is 25.0 Å². The minimum atomic E-state index is -0.560. The number of ether oxygens (including phenoxy) is 2. The van der Waals surface area contributed by atoms with Crippen molar-refractivity contribution in [2.45, 2.75) is 52.6 Å². The van der Waals surface area contributed by atoms with E-state index < -0.39 is 5.60 Å². The summed E-state index contributed by atoms with van der Waals surface area (Å²) in [4.78, 5) is 24.3. The van der Waals surface area contributed by atoms with Gasteiger partial charge in [-0.2, -0.15) is 0 Å². The van der Waals surface area contributed by atoms with Crippen molar-refractivity contribution in [3.05, 3.63) is 64.2 Å². The first-order valence-corrected chi connectivity index (χ1v) is 9.07. The molecule has 2 aromatic carbocycles. The fraction of sp³-hybridized carbons (Fsp3) is 0.391. The van der Waals surface area contributed by atoms with E-state index in [1.165, 1.54) is 0 Å². The van der Waals surface area contributed by atoms with E-state index in [1.54, 1.807) is 13.2 Å². The molecule has 0 radical (unpaired) electrons. The van der Waals surface area contributed by atoms with Crippen molar-refractivity contribution in [1.29, 1.82) is 0 Å². The van der Waals surface area contributed by atoms with Gasteiger partial charge in [-0.05, 0) is 69.0 Å². The van der Waals surface area contributed by atoms with E-state index in [1.807, 2.05) is 65.0 Å². The summed E-state index contributed by atoms with van der Waals surface area (Å²) < 4.78 is 10.9. The Hall–Kier alpha value is -2.62. The molecule has 0 fully saturated rings. The second-order valence-electron chi connectivity index (χ2n) is 7.76. The second kappa shape index (κ2) is 8.38. The molecule has 144 valence electrons. The summed E-state index contributed by atoms with van der Waals surface area (Å²) in [6.07, 6.45) is 1.01. The number of methoxy groups -OCH3 is 1. The highest BCUT2D eigenvalue weighted by molar-refractivity contribution is 5.80. The normalized spacial score (nSPS) is 12.4.